The van der Waals surface area contributed by atoms with Crippen LogP contribution in [-0.4, -0.2) is 35.6 Å². The van der Waals surface area contributed by atoms with E-state index in [9.17, 15) is 18.3 Å². The number of aromatic hydroxyl groups is 1. The Kier molecular flexibility index (Phi) is 4.89. The number of H-pyrrole nitrogens is 1. The highest BCUT2D eigenvalue weighted by atomic mass is 35.5. The number of hydrogen-bond donors (Lipinski definition) is 4. The van der Waals surface area contributed by atoms with Crippen LogP contribution in [0.4, 0.5) is 0 Å². The van der Waals surface area contributed by atoms with Gasteiger partial charge in [-0.2, -0.15) is 0 Å². The number of aromatic nitrogens is 1. The summed E-state index contributed by atoms with van der Waals surface area (Å²) in [6, 6.07) is 8.28. The van der Waals surface area contributed by atoms with Gasteiger partial charge >= 0.3 is 5.97 Å². The largest absolute Gasteiger partial charge is 0.507 e. The van der Waals surface area contributed by atoms with Gasteiger partial charge in [0.15, 0.2) is 0 Å². The highest BCUT2D eigenvalue weighted by Crippen LogP contribution is 2.37. The van der Waals surface area contributed by atoms with E-state index in [-0.39, 0.29) is 38.9 Å². The zero-order valence-corrected chi connectivity index (χ0v) is 16.5. The maximum atomic E-state index is 12.6. The summed E-state index contributed by atoms with van der Waals surface area (Å²) in [6.45, 7) is 0. The second-order valence-electron chi connectivity index (χ2n) is 6.81. The predicted octanol–water partition coefficient (Wildman–Crippen LogP) is 3.85. The van der Waals surface area contributed by atoms with E-state index in [1.165, 1.54) is 24.3 Å². The number of phenolic OH excluding ortho intramolecular Hbond substituents is 1. The average Bonchev–Trinajstić information content (AvgIpc) is 3.08. The Balaban J connectivity index is 1.66. The van der Waals surface area contributed by atoms with E-state index < -0.39 is 16.0 Å². The minimum Gasteiger partial charge on any atom is -0.507 e. The average molecular weight is 437 g/mol. The zero-order chi connectivity index (χ0) is 20.8. The summed E-state index contributed by atoms with van der Waals surface area (Å²) in [7, 11) is -3.90. The van der Waals surface area contributed by atoms with E-state index in [4.69, 9.17) is 21.4 Å². The summed E-state index contributed by atoms with van der Waals surface area (Å²) in [6.07, 6.45) is 2.49. The summed E-state index contributed by atoms with van der Waals surface area (Å²) < 4.78 is 33.4. The Labute approximate surface area is 171 Å². The van der Waals surface area contributed by atoms with Gasteiger partial charge in [-0.15, -0.1) is 0 Å². The van der Waals surface area contributed by atoms with Gasteiger partial charge in [-0.1, -0.05) is 18.0 Å². The monoisotopic (exact) mass is 436 g/mol. The first-order valence-corrected chi connectivity index (χ1v) is 10.7. The van der Waals surface area contributed by atoms with Crippen LogP contribution in [0.1, 0.15) is 29.8 Å². The molecule has 0 amide bonds. The van der Waals surface area contributed by atoms with Crippen LogP contribution in [0, 0.1) is 0 Å². The van der Waals surface area contributed by atoms with Crippen molar-refractivity contribution in [2.45, 2.75) is 30.2 Å². The molecule has 10 heteroatoms. The quantitative estimate of drug-likeness (QED) is 0.464. The van der Waals surface area contributed by atoms with E-state index in [1.807, 2.05) is 0 Å². The number of aromatic carboxylic acids is 1. The normalized spacial score (nSPS) is 14.7. The SMILES string of the molecule is O=C(O)c1cc2c(Cl)c(Oc3ccc(O)c(S(=O)(=O)NC4CCC4)c3)ccc2[nH]1. The lowest BCUT2D eigenvalue weighted by atomic mass is 9.94. The third-order valence-corrected chi connectivity index (χ3v) is 6.75. The van der Waals surface area contributed by atoms with Crippen molar-refractivity contribution in [1.82, 2.24) is 9.71 Å². The molecule has 0 spiro atoms. The molecule has 0 aliphatic heterocycles. The molecule has 4 rings (SSSR count). The van der Waals surface area contributed by atoms with Gasteiger partial charge in [0, 0.05) is 23.0 Å². The first kappa shape index (κ1) is 19.6. The molecule has 8 nitrogen and oxygen atoms in total. The first-order chi connectivity index (χ1) is 13.7. The molecule has 1 heterocycles. The third kappa shape index (κ3) is 3.76. The number of aromatic amines is 1. The summed E-state index contributed by atoms with van der Waals surface area (Å²) in [5.41, 5.74) is 0.512. The molecular formula is C19H17ClN2O6S. The van der Waals surface area contributed by atoms with Gasteiger partial charge in [-0.25, -0.2) is 17.9 Å². The standard InChI is InChI=1S/C19H17ClN2O6S/c20-18-12-9-14(19(24)25)21-13(12)5-7-16(18)28-11-4-6-15(23)17(8-11)29(26,27)22-10-2-1-3-10/h4-10,21-23H,1-3H2,(H,24,25). The van der Waals surface area contributed by atoms with Gasteiger partial charge in [-0.3, -0.25) is 0 Å². The van der Waals surface area contributed by atoms with E-state index in [1.54, 1.807) is 12.1 Å². The van der Waals surface area contributed by atoms with Gasteiger partial charge in [-0.05, 0) is 43.2 Å². The highest BCUT2D eigenvalue weighted by molar-refractivity contribution is 7.89. The zero-order valence-electron chi connectivity index (χ0n) is 15.0. The first-order valence-electron chi connectivity index (χ1n) is 8.82. The lowest BCUT2D eigenvalue weighted by Crippen LogP contribution is -2.39. The number of ether oxygens (including phenoxy) is 1. The lowest BCUT2D eigenvalue weighted by molar-refractivity contribution is 0.0691. The number of carboxylic acid groups (broad SMARTS) is 1. The molecule has 0 saturated heterocycles. The number of phenols is 1. The topological polar surface area (TPSA) is 129 Å². The summed E-state index contributed by atoms with van der Waals surface area (Å²) in [5, 5.41) is 19.8. The van der Waals surface area contributed by atoms with Crippen LogP contribution < -0.4 is 9.46 Å². The summed E-state index contributed by atoms with van der Waals surface area (Å²) >= 11 is 6.35. The van der Waals surface area contributed by atoms with Crippen molar-refractivity contribution in [3.63, 3.8) is 0 Å². The molecule has 152 valence electrons. The summed E-state index contributed by atoms with van der Waals surface area (Å²) in [5.74, 6) is -1.13. The molecule has 1 aromatic heterocycles. The van der Waals surface area contributed by atoms with Gasteiger partial charge < -0.3 is 19.9 Å². The molecule has 2 aromatic carbocycles. The molecule has 3 aromatic rings. The van der Waals surface area contributed by atoms with Crippen molar-refractivity contribution in [3.05, 3.63) is 47.1 Å². The van der Waals surface area contributed by atoms with E-state index in [2.05, 4.69) is 9.71 Å². The molecule has 0 atom stereocenters. The molecule has 29 heavy (non-hydrogen) atoms. The number of rotatable bonds is 6. The minimum atomic E-state index is -3.90. The predicted molar refractivity (Wildman–Crippen MR) is 106 cm³/mol. The lowest BCUT2D eigenvalue weighted by Gasteiger charge is -2.26. The Morgan fingerprint density at radius 3 is 2.62 bits per heavy atom. The van der Waals surface area contributed by atoms with Crippen molar-refractivity contribution in [1.29, 1.82) is 0 Å². The van der Waals surface area contributed by atoms with Crippen molar-refractivity contribution in [2.24, 2.45) is 0 Å². The highest BCUT2D eigenvalue weighted by Gasteiger charge is 2.27. The van der Waals surface area contributed by atoms with E-state index >= 15 is 0 Å². The van der Waals surface area contributed by atoms with E-state index in [0.29, 0.717) is 10.9 Å². The molecular weight excluding hydrogens is 420 g/mol. The molecule has 0 unspecified atom stereocenters. The maximum Gasteiger partial charge on any atom is 0.352 e. The van der Waals surface area contributed by atoms with Crippen molar-refractivity contribution >= 4 is 38.5 Å². The molecule has 1 fully saturated rings. The molecule has 0 radical (unpaired) electrons. The molecule has 1 aliphatic carbocycles. The van der Waals surface area contributed by atoms with Crippen LogP contribution >= 0.6 is 11.6 Å². The summed E-state index contributed by atoms with van der Waals surface area (Å²) in [4.78, 5) is 13.6. The van der Waals surface area contributed by atoms with E-state index in [0.717, 1.165) is 19.3 Å². The second-order valence-corrected chi connectivity index (χ2v) is 8.87. The van der Waals surface area contributed by atoms with Crippen molar-refractivity contribution in [3.8, 4) is 17.2 Å². The Morgan fingerprint density at radius 1 is 1.21 bits per heavy atom. The number of fused-ring (bicyclic) bond motifs is 1. The molecule has 1 saturated carbocycles. The van der Waals surface area contributed by atoms with Crippen LogP contribution in [0.2, 0.25) is 5.02 Å². The number of carbonyl (C=O) groups is 1. The van der Waals surface area contributed by atoms with Gasteiger partial charge in [0.1, 0.15) is 27.8 Å². The van der Waals surface area contributed by atoms with Crippen LogP contribution in [0.15, 0.2) is 41.3 Å². The fraction of sp³-hybridized carbons (Fsp3) is 0.211. The van der Waals surface area contributed by atoms with Crippen LogP contribution in [0.3, 0.4) is 0 Å². The number of halogens is 1. The molecule has 0 bridgehead atoms. The Morgan fingerprint density at radius 2 is 1.97 bits per heavy atom. The number of sulfonamides is 1. The molecule has 4 N–H and O–H groups in total. The van der Waals surface area contributed by atoms with Crippen molar-refractivity contribution in [2.75, 3.05) is 0 Å². The van der Waals surface area contributed by atoms with Crippen molar-refractivity contribution < 1.29 is 28.2 Å². The maximum absolute atomic E-state index is 12.6. The van der Waals surface area contributed by atoms with Crippen LogP contribution in [0.5, 0.6) is 17.2 Å². The second kappa shape index (κ2) is 7.25. The van der Waals surface area contributed by atoms with Gasteiger partial charge in [0.25, 0.3) is 0 Å². The minimum absolute atomic E-state index is 0.0147. The smallest absolute Gasteiger partial charge is 0.352 e. The third-order valence-electron chi connectivity index (χ3n) is 4.81. The van der Waals surface area contributed by atoms with Crippen LogP contribution in [0.25, 0.3) is 10.9 Å². The fourth-order valence-corrected chi connectivity index (χ4v) is 4.73. The van der Waals surface area contributed by atoms with Crippen LogP contribution in [-0.2, 0) is 10.0 Å². The number of nitrogens with one attached hydrogen (secondary N) is 2. The number of hydrogen-bond acceptors (Lipinski definition) is 5. The Hall–Kier alpha value is -2.75. The fourth-order valence-electron chi connectivity index (χ4n) is 3.05. The number of benzene rings is 2. The molecule has 1 aliphatic rings. The Bertz CT molecular complexity index is 1220. The van der Waals surface area contributed by atoms with Gasteiger partial charge in [0.2, 0.25) is 10.0 Å². The number of carboxylic acids is 1. The van der Waals surface area contributed by atoms with Gasteiger partial charge in [0.05, 0.1) is 5.02 Å².